The molecule has 0 aromatic heterocycles. The Morgan fingerprint density at radius 2 is 1.62 bits per heavy atom. The normalized spacial score (nSPS) is 10.6. The molecule has 166 valence electrons. The Bertz CT molecular complexity index is 1070. The van der Waals surface area contributed by atoms with Crippen LogP contribution in [0, 0.1) is 0 Å². The molecule has 0 radical (unpaired) electrons. The van der Waals surface area contributed by atoms with E-state index in [1.165, 1.54) is 14.2 Å². The summed E-state index contributed by atoms with van der Waals surface area (Å²) in [5.74, 6) is 1.90. The summed E-state index contributed by atoms with van der Waals surface area (Å²) in [4.78, 5) is 12.4. The van der Waals surface area contributed by atoms with Crippen LogP contribution in [0.5, 0.6) is 23.0 Å². The number of ether oxygens (including phenoxy) is 4. The zero-order valence-corrected chi connectivity index (χ0v) is 18.3. The number of carbonyl (C=O) groups is 1. The fourth-order valence-electron chi connectivity index (χ4n) is 2.94. The number of hydrogen-bond donors (Lipinski definition) is 1. The van der Waals surface area contributed by atoms with E-state index in [2.05, 4.69) is 10.5 Å². The van der Waals surface area contributed by atoms with E-state index in [9.17, 15) is 4.79 Å². The predicted octanol–water partition coefficient (Wildman–Crippen LogP) is 4.45. The minimum absolute atomic E-state index is 0.366. The van der Waals surface area contributed by atoms with Crippen molar-refractivity contribution in [1.82, 2.24) is 5.43 Å². The highest BCUT2D eigenvalue weighted by atomic mass is 16.5. The molecule has 0 unspecified atom stereocenters. The molecule has 32 heavy (non-hydrogen) atoms. The number of rotatable bonds is 10. The first-order valence-electron chi connectivity index (χ1n) is 10.1. The van der Waals surface area contributed by atoms with E-state index in [4.69, 9.17) is 18.9 Å². The Hall–Kier alpha value is -4.00. The molecule has 0 heterocycles. The molecule has 0 bridgehead atoms. The molecule has 7 nitrogen and oxygen atoms in total. The number of hydrogen-bond acceptors (Lipinski definition) is 6. The molecule has 0 saturated heterocycles. The summed E-state index contributed by atoms with van der Waals surface area (Å²) in [6.07, 6.45) is 1.54. The first-order valence-corrected chi connectivity index (χ1v) is 10.1. The van der Waals surface area contributed by atoms with Gasteiger partial charge < -0.3 is 18.9 Å². The standard InChI is InChI=1S/C25H26N2O5/c1-4-31-24-14-19(10-12-22(24)32-17-18-8-6-5-7-9-18)16-26-27-25(28)20-11-13-21(29-2)23(15-20)30-3/h5-16H,4,17H2,1-3H3,(H,27,28)/b26-16+. The summed E-state index contributed by atoms with van der Waals surface area (Å²) in [7, 11) is 3.05. The molecule has 1 N–H and O–H groups in total. The number of carbonyl (C=O) groups excluding carboxylic acids is 1. The van der Waals surface area contributed by atoms with Gasteiger partial charge in [-0.05, 0) is 54.4 Å². The first kappa shape index (κ1) is 22.7. The Morgan fingerprint density at radius 1 is 0.875 bits per heavy atom. The van der Waals surface area contributed by atoms with Crippen molar-refractivity contribution in [2.24, 2.45) is 5.10 Å². The highest BCUT2D eigenvalue weighted by Gasteiger charge is 2.10. The van der Waals surface area contributed by atoms with E-state index in [1.54, 1.807) is 24.4 Å². The number of nitrogens with zero attached hydrogens (tertiary/aromatic N) is 1. The molecule has 3 rings (SSSR count). The largest absolute Gasteiger partial charge is 0.493 e. The number of nitrogens with one attached hydrogen (secondary N) is 1. The van der Waals surface area contributed by atoms with Crippen molar-refractivity contribution in [2.75, 3.05) is 20.8 Å². The van der Waals surface area contributed by atoms with Gasteiger partial charge in [0.05, 0.1) is 27.0 Å². The van der Waals surface area contributed by atoms with Gasteiger partial charge in [0.2, 0.25) is 0 Å². The van der Waals surface area contributed by atoms with Crippen LogP contribution in [-0.4, -0.2) is 32.9 Å². The van der Waals surface area contributed by atoms with Crippen molar-refractivity contribution >= 4 is 12.1 Å². The summed E-state index contributed by atoms with van der Waals surface area (Å²) in [6, 6.07) is 20.3. The Labute approximate surface area is 187 Å². The van der Waals surface area contributed by atoms with Crippen molar-refractivity contribution in [3.05, 3.63) is 83.4 Å². The third-order valence-corrected chi connectivity index (χ3v) is 4.53. The van der Waals surface area contributed by atoms with Crippen LogP contribution in [0.2, 0.25) is 0 Å². The molecule has 3 aromatic carbocycles. The van der Waals surface area contributed by atoms with E-state index >= 15 is 0 Å². The molecule has 3 aromatic rings. The number of methoxy groups -OCH3 is 2. The molecule has 0 fully saturated rings. The van der Waals surface area contributed by atoms with Gasteiger partial charge in [-0.1, -0.05) is 30.3 Å². The van der Waals surface area contributed by atoms with Gasteiger partial charge in [0.1, 0.15) is 6.61 Å². The maximum Gasteiger partial charge on any atom is 0.271 e. The fraction of sp³-hybridized carbons (Fsp3) is 0.200. The SMILES string of the molecule is CCOc1cc(/C=N/NC(=O)c2ccc(OC)c(OC)c2)ccc1OCc1ccccc1. The van der Waals surface area contributed by atoms with Gasteiger partial charge in [-0.15, -0.1) is 0 Å². The average Bonchev–Trinajstić information content (AvgIpc) is 2.83. The van der Waals surface area contributed by atoms with Gasteiger partial charge in [-0.2, -0.15) is 5.10 Å². The molecule has 0 aliphatic rings. The lowest BCUT2D eigenvalue weighted by Gasteiger charge is -2.12. The monoisotopic (exact) mass is 434 g/mol. The van der Waals surface area contributed by atoms with Crippen molar-refractivity contribution in [2.45, 2.75) is 13.5 Å². The van der Waals surface area contributed by atoms with Gasteiger partial charge in [-0.25, -0.2) is 5.43 Å². The van der Waals surface area contributed by atoms with Crippen LogP contribution in [0.1, 0.15) is 28.4 Å². The highest BCUT2D eigenvalue weighted by Crippen LogP contribution is 2.29. The first-order chi connectivity index (χ1) is 15.6. The van der Waals surface area contributed by atoms with E-state index in [1.807, 2.05) is 55.5 Å². The molecule has 1 amide bonds. The summed E-state index contributed by atoms with van der Waals surface area (Å²) in [5.41, 5.74) is 4.74. The van der Waals surface area contributed by atoms with Gasteiger partial charge in [0, 0.05) is 5.56 Å². The van der Waals surface area contributed by atoms with Crippen LogP contribution in [0.4, 0.5) is 0 Å². The van der Waals surface area contributed by atoms with E-state index < -0.39 is 0 Å². The van der Waals surface area contributed by atoms with E-state index in [-0.39, 0.29) is 5.91 Å². The number of hydrazone groups is 1. The van der Waals surface area contributed by atoms with Crippen LogP contribution >= 0.6 is 0 Å². The zero-order valence-electron chi connectivity index (χ0n) is 18.3. The van der Waals surface area contributed by atoms with Crippen molar-refractivity contribution < 1.29 is 23.7 Å². The zero-order chi connectivity index (χ0) is 22.8. The minimum Gasteiger partial charge on any atom is -0.493 e. The Morgan fingerprint density at radius 3 is 2.34 bits per heavy atom. The molecule has 0 aliphatic carbocycles. The molecule has 0 atom stereocenters. The topological polar surface area (TPSA) is 78.4 Å². The lowest BCUT2D eigenvalue weighted by molar-refractivity contribution is 0.0954. The lowest BCUT2D eigenvalue weighted by Crippen LogP contribution is -2.17. The van der Waals surface area contributed by atoms with Crippen LogP contribution in [-0.2, 0) is 6.61 Å². The maximum absolute atomic E-state index is 12.4. The summed E-state index contributed by atoms with van der Waals surface area (Å²) in [5, 5.41) is 4.05. The molecule has 0 saturated carbocycles. The van der Waals surface area contributed by atoms with Crippen LogP contribution in [0.25, 0.3) is 0 Å². The maximum atomic E-state index is 12.4. The van der Waals surface area contributed by atoms with Gasteiger partial charge in [0.15, 0.2) is 23.0 Å². The third-order valence-electron chi connectivity index (χ3n) is 4.53. The predicted molar refractivity (Wildman–Crippen MR) is 123 cm³/mol. The molecule has 7 heteroatoms. The third kappa shape index (κ3) is 6.01. The second-order valence-electron chi connectivity index (χ2n) is 6.68. The molecule has 0 spiro atoms. The van der Waals surface area contributed by atoms with Crippen LogP contribution < -0.4 is 24.4 Å². The van der Waals surface area contributed by atoms with Gasteiger partial charge in [0.25, 0.3) is 5.91 Å². The fourth-order valence-corrected chi connectivity index (χ4v) is 2.94. The Kier molecular flexibility index (Phi) is 8.09. The van der Waals surface area contributed by atoms with Crippen molar-refractivity contribution in [1.29, 1.82) is 0 Å². The van der Waals surface area contributed by atoms with Crippen molar-refractivity contribution in [3.8, 4) is 23.0 Å². The van der Waals surface area contributed by atoms with Crippen LogP contribution in [0.3, 0.4) is 0 Å². The lowest BCUT2D eigenvalue weighted by atomic mass is 10.2. The average molecular weight is 434 g/mol. The summed E-state index contributed by atoms with van der Waals surface area (Å²) >= 11 is 0. The smallest absolute Gasteiger partial charge is 0.271 e. The summed E-state index contributed by atoms with van der Waals surface area (Å²) in [6.45, 7) is 2.85. The van der Waals surface area contributed by atoms with Crippen LogP contribution in [0.15, 0.2) is 71.8 Å². The molecular weight excluding hydrogens is 408 g/mol. The second kappa shape index (κ2) is 11.4. The second-order valence-corrected chi connectivity index (χ2v) is 6.68. The van der Waals surface area contributed by atoms with Crippen molar-refractivity contribution in [3.63, 3.8) is 0 Å². The highest BCUT2D eigenvalue weighted by molar-refractivity contribution is 5.95. The number of benzene rings is 3. The Balaban J connectivity index is 1.66. The number of amides is 1. The van der Waals surface area contributed by atoms with E-state index in [0.717, 1.165) is 11.1 Å². The quantitative estimate of drug-likeness (QED) is 0.377. The molecular formula is C25H26N2O5. The summed E-state index contributed by atoms with van der Waals surface area (Å²) < 4.78 is 22.0. The molecule has 0 aliphatic heterocycles. The van der Waals surface area contributed by atoms with Gasteiger partial charge in [-0.3, -0.25) is 4.79 Å². The van der Waals surface area contributed by atoms with Gasteiger partial charge >= 0.3 is 0 Å². The minimum atomic E-state index is -0.366. The van der Waals surface area contributed by atoms with E-state index in [0.29, 0.717) is 41.8 Å².